The highest BCUT2D eigenvalue weighted by Crippen LogP contribution is 2.24. The van der Waals surface area contributed by atoms with Crippen LogP contribution in [0.5, 0.6) is 0 Å². The highest BCUT2D eigenvalue weighted by Gasteiger charge is 2.30. The quantitative estimate of drug-likeness (QED) is 0.883. The molecular weight excluding hydrogens is 248 g/mol. The summed E-state index contributed by atoms with van der Waals surface area (Å²) >= 11 is 0. The van der Waals surface area contributed by atoms with Crippen LogP contribution in [0.1, 0.15) is 54.9 Å². The molecular formula is C13H20N2O4. The molecule has 0 saturated heterocycles. The number of carbonyl (C=O) groups excluding carboxylic acids is 1. The van der Waals surface area contributed by atoms with Crippen LogP contribution >= 0.6 is 0 Å². The predicted molar refractivity (Wildman–Crippen MR) is 69.1 cm³/mol. The predicted octanol–water partition coefficient (Wildman–Crippen LogP) is 2.04. The minimum Gasteiger partial charge on any atom is -0.480 e. The summed E-state index contributed by atoms with van der Waals surface area (Å²) in [5, 5.41) is 12.9. The van der Waals surface area contributed by atoms with Crippen LogP contribution < -0.4 is 0 Å². The molecule has 0 saturated carbocycles. The molecule has 0 radical (unpaired) electrons. The number of carboxylic acid groups (broad SMARTS) is 1. The number of hydrogen-bond acceptors (Lipinski definition) is 4. The van der Waals surface area contributed by atoms with Crippen molar-refractivity contribution in [3.05, 3.63) is 17.0 Å². The van der Waals surface area contributed by atoms with Gasteiger partial charge in [0.2, 0.25) is 0 Å². The Labute approximate surface area is 112 Å². The van der Waals surface area contributed by atoms with Crippen LogP contribution in [0, 0.1) is 6.92 Å². The van der Waals surface area contributed by atoms with E-state index in [9.17, 15) is 9.59 Å². The average molecular weight is 268 g/mol. The Kier molecular flexibility index (Phi) is 4.69. The van der Waals surface area contributed by atoms with Crippen molar-refractivity contribution in [2.75, 3.05) is 7.05 Å². The summed E-state index contributed by atoms with van der Waals surface area (Å²) in [6.45, 7) is 7.20. The van der Waals surface area contributed by atoms with Gasteiger partial charge in [0.15, 0.2) is 5.76 Å². The zero-order valence-electron chi connectivity index (χ0n) is 11.9. The number of rotatable bonds is 5. The van der Waals surface area contributed by atoms with Gasteiger partial charge in [-0.2, -0.15) is 0 Å². The third-order valence-electron chi connectivity index (χ3n) is 3.09. The molecule has 0 aromatic carbocycles. The van der Waals surface area contributed by atoms with Crippen LogP contribution in [0.2, 0.25) is 0 Å². The van der Waals surface area contributed by atoms with Gasteiger partial charge in [0.1, 0.15) is 11.6 Å². The minimum absolute atomic E-state index is 0.0125. The van der Waals surface area contributed by atoms with Crippen LogP contribution in [0.15, 0.2) is 4.52 Å². The molecule has 0 fully saturated rings. The molecule has 1 aromatic heterocycles. The van der Waals surface area contributed by atoms with Crippen molar-refractivity contribution >= 4 is 11.9 Å². The molecule has 106 valence electrons. The van der Waals surface area contributed by atoms with E-state index >= 15 is 0 Å². The summed E-state index contributed by atoms with van der Waals surface area (Å²) in [6.07, 6.45) is 0.346. The molecule has 0 bridgehead atoms. The lowest BCUT2D eigenvalue weighted by atomic mass is 10.0. The zero-order chi connectivity index (χ0) is 14.7. The fourth-order valence-corrected chi connectivity index (χ4v) is 1.97. The summed E-state index contributed by atoms with van der Waals surface area (Å²) in [6, 6.07) is -0.846. The lowest BCUT2D eigenvalue weighted by Gasteiger charge is -2.23. The average Bonchev–Trinajstić information content (AvgIpc) is 2.70. The second kappa shape index (κ2) is 5.86. The lowest BCUT2D eigenvalue weighted by Crippen LogP contribution is -2.42. The molecule has 1 heterocycles. The first kappa shape index (κ1) is 15.2. The van der Waals surface area contributed by atoms with Crippen molar-refractivity contribution in [2.24, 2.45) is 0 Å². The number of amides is 1. The molecule has 1 amide bonds. The van der Waals surface area contributed by atoms with Crippen LogP contribution in [0.25, 0.3) is 0 Å². The Bertz CT molecular complexity index is 479. The largest absolute Gasteiger partial charge is 0.480 e. The van der Waals surface area contributed by atoms with Gasteiger partial charge in [-0.25, -0.2) is 4.79 Å². The van der Waals surface area contributed by atoms with Crippen LogP contribution in [-0.4, -0.2) is 40.1 Å². The summed E-state index contributed by atoms with van der Waals surface area (Å²) in [5.41, 5.74) is 0.859. The minimum atomic E-state index is -1.02. The van der Waals surface area contributed by atoms with E-state index in [1.165, 1.54) is 11.9 Å². The van der Waals surface area contributed by atoms with Crippen molar-refractivity contribution < 1.29 is 19.2 Å². The lowest BCUT2D eigenvalue weighted by molar-refractivity contribution is -0.142. The smallest absolute Gasteiger partial charge is 0.326 e. The van der Waals surface area contributed by atoms with Crippen molar-refractivity contribution in [2.45, 2.75) is 46.1 Å². The molecule has 0 aliphatic rings. The Morgan fingerprint density at radius 1 is 1.42 bits per heavy atom. The number of carboxylic acids is 1. The highest BCUT2D eigenvalue weighted by atomic mass is 16.5. The summed E-state index contributed by atoms with van der Waals surface area (Å²) in [4.78, 5) is 24.8. The molecule has 6 heteroatoms. The molecule has 1 rings (SSSR count). The van der Waals surface area contributed by atoms with Gasteiger partial charge in [-0.05, 0) is 13.3 Å². The first-order valence-electron chi connectivity index (χ1n) is 6.27. The van der Waals surface area contributed by atoms with Gasteiger partial charge >= 0.3 is 5.97 Å². The number of carbonyl (C=O) groups is 2. The highest BCUT2D eigenvalue weighted by molar-refractivity contribution is 5.98. The Morgan fingerprint density at radius 3 is 2.42 bits per heavy atom. The van der Waals surface area contributed by atoms with E-state index < -0.39 is 12.0 Å². The van der Waals surface area contributed by atoms with E-state index in [4.69, 9.17) is 9.63 Å². The van der Waals surface area contributed by atoms with Gasteiger partial charge < -0.3 is 14.5 Å². The molecule has 1 atom stereocenters. The molecule has 0 aliphatic heterocycles. The van der Waals surface area contributed by atoms with E-state index in [1.54, 1.807) is 13.8 Å². The van der Waals surface area contributed by atoms with E-state index in [-0.39, 0.29) is 11.8 Å². The molecule has 6 nitrogen and oxygen atoms in total. The topological polar surface area (TPSA) is 83.6 Å². The molecule has 1 unspecified atom stereocenters. The fourth-order valence-electron chi connectivity index (χ4n) is 1.97. The van der Waals surface area contributed by atoms with E-state index in [0.29, 0.717) is 23.4 Å². The van der Waals surface area contributed by atoms with Gasteiger partial charge in [-0.15, -0.1) is 0 Å². The van der Waals surface area contributed by atoms with Crippen LogP contribution in [0.4, 0.5) is 0 Å². The molecule has 0 spiro atoms. The fraction of sp³-hybridized carbons (Fsp3) is 0.615. The second-order valence-electron chi connectivity index (χ2n) is 4.84. The van der Waals surface area contributed by atoms with E-state index in [1.807, 2.05) is 13.8 Å². The van der Waals surface area contributed by atoms with Gasteiger partial charge in [0.05, 0.1) is 5.69 Å². The normalized spacial score (nSPS) is 12.5. The van der Waals surface area contributed by atoms with Gasteiger partial charge in [-0.1, -0.05) is 25.9 Å². The van der Waals surface area contributed by atoms with Crippen LogP contribution in [0.3, 0.4) is 0 Å². The standard InChI is InChI=1S/C13H20N2O4/c1-6-9(13(17)18)15(5)12(16)10-8(4)14-19-11(10)7(2)3/h7,9H,6H2,1-5H3,(H,17,18). The maximum absolute atomic E-state index is 12.4. The number of likely N-dealkylation sites (N-methyl/N-ethyl adjacent to an activating group) is 1. The first-order valence-corrected chi connectivity index (χ1v) is 6.27. The number of aliphatic carboxylic acids is 1. The van der Waals surface area contributed by atoms with Crippen molar-refractivity contribution in [3.8, 4) is 0 Å². The maximum atomic E-state index is 12.4. The van der Waals surface area contributed by atoms with Gasteiger partial charge in [0, 0.05) is 13.0 Å². The summed E-state index contributed by atoms with van der Waals surface area (Å²) in [5.74, 6) is -0.872. The number of aromatic nitrogens is 1. The van der Waals surface area contributed by atoms with Crippen LogP contribution in [-0.2, 0) is 4.79 Å². The number of hydrogen-bond donors (Lipinski definition) is 1. The monoisotopic (exact) mass is 268 g/mol. The van der Waals surface area contributed by atoms with Crippen molar-refractivity contribution in [1.29, 1.82) is 0 Å². The Hall–Kier alpha value is -1.85. The molecule has 1 N–H and O–H groups in total. The Balaban J connectivity index is 3.13. The molecule has 19 heavy (non-hydrogen) atoms. The van der Waals surface area contributed by atoms with Crippen molar-refractivity contribution in [1.82, 2.24) is 10.1 Å². The third-order valence-corrected chi connectivity index (χ3v) is 3.09. The summed E-state index contributed by atoms with van der Waals surface area (Å²) < 4.78 is 5.16. The number of nitrogens with zero attached hydrogens (tertiary/aromatic N) is 2. The second-order valence-corrected chi connectivity index (χ2v) is 4.84. The van der Waals surface area contributed by atoms with Gasteiger partial charge in [-0.3, -0.25) is 4.79 Å². The van der Waals surface area contributed by atoms with E-state index in [2.05, 4.69) is 5.16 Å². The first-order chi connectivity index (χ1) is 8.81. The Morgan fingerprint density at radius 2 is 2.00 bits per heavy atom. The number of aryl methyl sites for hydroxylation is 1. The summed E-state index contributed by atoms with van der Waals surface area (Å²) in [7, 11) is 1.49. The SMILES string of the molecule is CCC(C(=O)O)N(C)C(=O)c1c(C)noc1C(C)C. The van der Waals surface area contributed by atoms with Gasteiger partial charge in [0.25, 0.3) is 5.91 Å². The third kappa shape index (κ3) is 2.94. The zero-order valence-corrected chi connectivity index (χ0v) is 11.9. The molecule has 1 aromatic rings. The molecule has 0 aliphatic carbocycles. The van der Waals surface area contributed by atoms with Crippen molar-refractivity contribution in [3.63, 3.8) is 0 Å². The maximum Gasteiger partial charge on any atom is 0.326 e. The van der Waals surface area contributed by atoms with E-state index in [0.717, 1.165) is 0 Å².